The van der Waals surface area contributed by atoms with E-state index in [1.54, 1.807) is 6.33 Å². The van der Waals surface area contributed by atoms with E-state index in [9.17, 15) is 5.26 Å². The van der Waals surface area contributed by atoms with Crippen LogP contribution < -0.4 is 4.74 Å². The second kappa shape index (κ2) is 8.07. The van der Waals surface area contributed by atoms with Crippen molar-refractivity contribution in [2.45, 2.75) is 13.0 Å². The average Bonchev–Trinajstić information content (AvgIpc) is 3.07. The van der Waals surface area contributed by atoms with E-state index < -0.39 is 0 Å². The van der Waals surface area contributed by atoms with E-state index >= 15 is 0 Å². The standard InChI is InChI=1S/C22H18N4OS/c23-14-18-19-21(22(28)25-15-24-19)26(20(18)16-8-3-1-4-9-16)12-7-13-27-17-10-5-2-6-11-17/h1-6,8-11,15H,7,12-13H2,(H,24,25,28). The Balaban J connectivity index is 1.72. The maximum absolute atomic E-state index is 9.83. The minimum absolute atomic E-state index is 0.547. The van der Waals surface area contributed by atoms with Crippen LogP contribution in [0, 0.1) is 16.0 Å². The molecule has 0 saturated heterocycles. The number of aromatic amines is 1. The SMILES string of the molecule is N#Cc1c(-c2ccccc2)n(CCCOc2ccccc2)c2c(=S)[nH]cnc12. The molecule has 2 aromatic heterocycles. The van der Waals surface area contributed by atoms with E-state index in [0.29, 0.717) is 28.9 Å². The number of fused-ring (bicyclic) bond motifs is 1. The molecule has 0 spiro atoms. The molecule has 138 valence electrons. The van der Waals surface area contributed by atoms with Gasteiger partial charge in [-0.15, -0.1) is 0 Å². The first-order valence-electron chi connectivity index (χ1n) is 9.03. The monoisotopic (exact) mass is 386 g/mol. The molecule has 0 aliphatic rings. The predicted molar refractivity (Wildman–Crippen MR) is 112 cm³/mol. The molecule has 0 atom stereocenters. The third kappa shape index (κ3) is 3.40. The fourth-order valence-electron chi connectivity index (χ4n) is 3.34. The molecule has 4 rings (SSSR count). The molecule has 0 radical (unpaired) electrons. The molecule has 6 heteroatoms. The zero-order chi connectivity index (χ0) is 19.3. The first-order valence-corrected chi connectivity index (χ1v) is 9.43. The van der Waals surface area contributed by atoms with E-state index in [-0.39, 0.29) is 0 Å². The van der Waals surface area contributed by atoms with Gasteiger partial charge in [0.1, 0.15) is 33.1 Å². The minimum Gasteiger partial charge on any atom is -0.494 e. The number of H-pyrrole nitrogens is 1. The summed E-state index contributed by atoms with van der Waals surface area (Å²) >= 11 is 5.51. The Hall–Kier alpha value is -3.43. The Morgan fingerprint density at radius 2 is 1.79 bits per heavy atom. The Morgan fingerprint density at radius 1 is 1.07 bits per heavy atom. The smallest absolute Gasteiger partial charge is 0.130 e. The van der Waals surface area contributed by atoms with Crippen molar-refractivity contribution >= 4 is 23.3 Å². The van der Waals surface area contributed by atoms with Crippen LogP contribution in [0.2, 0.25) is 0 Å². The van der Waals surface area contributed by atoms with Crippen molar-refractivity contribution in [1.82, 2.24) is 14.5 Å². The number of para-hydroxylation sites is 1. The van der Waals surface area contributed by atoms with E-state index in [1.807, 2.05) is 60.7 Å². The highest BCUT2D eigenvalue weighted by Gasteiger charge is 2.20. The molecular formula is C22H18N4OS. The van der Waals surface area contributed by atoms with Gasteiger partial charge in [0.05, 0.1) is 18.6 Å². The van der Waals surface area contributed by atoms with Gasteiger partial charge in [-0.25, -0.2) is 4.98 Å². The lowest BCUT2D eigenvalue weighted by Crippen LogP contribution is -2.06. The minimum atomic E-state index is 0.547. The first-order chi connectivity index (χ1) is 13.8. The molecule has 4 aromatic rings. The molecule has 0 aliphatic carbocycles. The molecule has 2 heterocycles. The van der Waals surface area contributed by atoms with Crippen molar-refractivity contribution in [2.75, 3.05) is 6.61 Å². The van der Waals surface area contributed by atoms with Crippen molar-refractivity contribution in [2.24, 2.45) is 0 Å². The quantitative estimate of drug-likeness (QED) is 0.370. The summed E-state index contributed by atoms with van der Waals surface area (Å²) < 4.78 is 8.48. The van der Waals surface area contributed by atoms with Gasteiger partial charge in [-0.3, -0.25) is 0 Å². The van der Waals surface area contributed by atoms with Crippen LogP contribution in [0.25, 0.3) is 22.3 Å². The largest absolute Gasteiger partial charge is 0.494 e. The van der Waals surface area contributed by atoms with E-state index in [0.717, 1.165) is 28.9 Å². The summed E-state index contributed by atoms with van der Waals surface area (Å²) in [5.41, 5.74) is 3.78. The molecule has 0 bridgehead atoms. The summed E-state index contributed by atoms with van der Waals surface area (Å²) in [6, 6.07) is 22.0. The highest BCUT2D eigenvalue weighted by Crippen LogP contribution is 2.32. The Bertz CT molecular complexity index is 1190. The van der Waals surface area contributed by atoms with Gasteiger partial charge in [0.25, 0.3) is 0 Å². The lowest BCUT2D eigenvalue weighted by atomic mass is 10.1. The summed E-state index contributed by atoms with van der Waals surface area (Å²) in [7, 11) is 0. The highest BCUT2D eigenvalue weighted by molar-refractivity contribution is 7.71. The van der Waals surface area contributed by atoms with Crippen LogP contribution in [0.5, 0.6) is 5.75 Å². The number of aryl methyl sites for hydroxylation is 1. The molecule has 0 amide bonds. The van der Waals surface area contributed by atoms with Crippen molar-refractivity contribution in [1.29, 1.82) is 5.26 Å². The first kappa shape index (κ1) is 18.0. The average molecular weight is 386 g/mol. The predicted octanol–water partition coefficient (Wildman–Crippen LogP) is 5.10. The molecule has 1 N–H and O–H groups in total. The molecule has 28 heavy (non-hydrogen) atoms. The Labute approximate surface area is 167 Å². The lowest BCUT2D eigenvalue weighted by molar-refractivity contribution is 0.303. The van der Waals surface area contributed by atoms with Gasteiger partial charge in [-0.1, -0.05) is 60.7 Å². The number of nitrogens with one attached hydrogen (secondary N) is 1. The van der Waals surface area contributed by atoms with Gasteiger partial charge >= 0.3 is 0 Å². The van der Waals surface area contributed by atoms with Crippen molar-refractivity contribution < 1.29 is 4.74 Å². The third-order valence-electron chi connectivity index (χ3n) is 4.54. The summed E-state index contributed by atoms with van der Waals surface area (Å²) in [5, 5.41) is 9.83. The van der Waals surface area contributed by atoms with Crippen LogP contribution in [0.3, 0.4) is 0 Å². The van der Waals surface area contributed by atoms with Crippen molar-refractivity contribution in [3.05, 3.63) is 77.2 Å². The maximum Gasteiger partial charge on any atom is 0.130 e. The van der Waals surface area contributed by atoms with Crippen molar-refractivity contribution in [3.8, 4) is 23.1 Å². The summed E-state index contributed by atoms with van der Waals surface area (Å²) in [6.45, 7) is 1.23. The van der Waals surface area contributed by atoms with E-state index in [1.165, 1.54) is 0 Å². The van der Waals surface area contributed by atoms with Crippen LogP contribution in [-0.4, -0.2) is 21.1 Å². The summed E-state index contributed by atoms with van der Waals surface area (Å²) in [5.74, 6) is 0.847. The van der Waals surface area contributed by atoms with Crippen molar-refractivity contribution in [3.63, 3.8) is 0 Å². The molecule has 0 aliphatic heterocycles. The summed E-state index contributed by atoms with van der Waals surface area (Å²) in [4.78, 5) is 7.39. The zero-order valence-electron chi connectivity index (χ0n) is 15.1. The number of nitrogens with zero attached hydrogens (tertiary/aromatic N) is 3. The molecule has 0 saturated carbocycles. The second-order valence-corrected chi connectivity index (χ2v) is 6.71. The van der Waals surface area contributed by atoms with Gasteiger partial charge in [0.15, 0.2) is 0 Å². The molecule has 5 nitrogen and oxygen atoms in total. The number of ether oxygens (including phenoxy) is 1. The number of hydrogen-bond acceptors (Lipinski definition) is 4. The van der Waals surface area contributed by atoms with Crippen LogP contribution >= 0.6 is 12.2 Å². The Kier molecular flexibility index (Phi) is 5.18. The number of nitriles is 1. The third-order valence-corrected chi connectivity index (χ3v) is 4.85. The fraction of sp³-hybridized carbons (Fsp3) is 0.136. The van der Waals surface area contributed by atoms with Gasteiger partial charge in [-0.05, 0) is 24.1 Å². The normalized spacial score (nSPS) is 10.7. The van der Waals surface area contributed by atoms with E-state index in [2.05, 4.69) is 20.6 Å². The number of rotatable bonds is 6. The molecule has 2 aromatic carbocycles. The molecule has 0 unspecified atom stereocenters. The number of hydrogen-bond donors (Lipinski definition) is 1. The second-order valence-electron chi connectivity index (χ2n) is 6.30. The molecule has 0 fully saturated rings. The van der Waals surface area contributed by atoms with Crippen LogP contribution in [0.15, 0.2) is 67.0 Å². The Morgan fingerprint density at radius 3 is 2.50 bits per heavy atom. The van der Waals surface area contributed by atoms with Crippen LogP contribution in [-0.2, 0) is 6.54 Å². The van der Waals surface area contributed by atoms with Gasteiger partial charge in [-0.2, -0.15) is 5.26 Å². The topological polar surface area (TPSA) is 66.6 Å². The number of benzene rings is 2. The maximum atomic E-state index is 9.83. The number of aromatic nitrogens is 3. The van der Waals surface area contributed by atoms with Gasteiger partial charge < -0.3 is 14.3 Å². The van der Waals surface area contributed by atoms with Gasteiger partial charge in [0, 0.05) is 6.54 Å². The van der Waals surface area contributed by atoms with Crippen LogP contribution in [0.1, 0.15) is 12.0 Å². The molecular weight excluding hydrogens is 368 g/mol. The van der Waals surface area contributed by atoms with Crippen LogP contribution in [0.4, 0.5) is 0 Å². The zero-order valence-corrected chi connectivity index (χ0v) is 15.9. The van der Waals surface area contributed by atoms with Gasteiger partial charge in [0.2, 0.25) is 0 Å². The highest BCUT2D eigenvalue weighted by atomic mass is 32.1. The fourth-order valence-corrected chi connectivity index (χ4v) is 3.60. The summed E-state index contributed by atoms with van der Waals surface area (Å²) in [6.07, 6.45) is 2.32. The lowest BCUT2D eigenvalue weighted by Gasteiger charge is -2.12. The van der Waals surface area contributed by atoms with E-state index in [4.69, 9.17) is 17.0 Å².